The molecule has 4 heteroatoms. The standard InChI is InChI=1S/C17H27N3O/c1-13-6-5-7-14(2)16(13)19-15(21)12-20-10-8-17(3,18-4)9-11-20/h5-7,18H,8-12H2,1-4H3,(H,19,21). The minimum Gasteiger partial charge on any atom is -0.324 e. The van der Waals surface area contributed by atoms with Crippen LogP contribution in [-0.4, -0.2) is 43.0 Å². The molecule has 0 spiro atoms. The van der Waals surface area contributed by atoms with Gasteiger partial charge in [0.1, 0.15) is 0 Å². The van der Waals surface area contributed by atoms with Gasteiger partial charge in [-0.2, -0.15) is 0 Å². The van der Waals surface area contributed by atoms with E-state index in [4.69, 9.17) is 0 Å². The molecule has 4 nitrogen and oxygen atoms in total. The maximum atomic E-state index is 12.2. The van der Waals surface area contributed by atoms with Crippen molar-refractivity contribution in [2.24, 2.45) is 0 Å². The molecule has 2 rings (SSSR count). The first-order valence-corrected chi connectivity index (χ1v) is 7.71. The molecule has 0 radical (unpaired) electrons. The van der Waals surface area contributed by atoms with Crippen molar-refractivity contribution in [3.63, 3.8) is 0 Å². The number of anilines is 1. The summed E-state index contributed by atoms with van der Waals surface area (Å²) < 4.78 is 0. The van der Waals surface area contributed by atoms with Crippen molar-refractivity contribution in [3.05, 3.63) is 29.3 Å². The number of benzene rings is 1. The minimum absolute atomic E-state index is 0.0838. The van der Waals surface area contributed by atoms with Gasteiger partial charge in [-0.25, -0.2) is 0 Å². The zero-order valence-corrected chi connectivity index (χ0v) is 13.6. The average Bonchev–Trinajstić information content (AvgIpc) is 2.46. The van der Waals surface area contributed by atoms with Crippen molar-refractivity contribution >= 4 is 11.6 Å². The van der Waals surface area contributed by atoms with E-state index in [1.807, 2.05) is 39.1 Å². The third kappa shape index (κ3) is 4.05. The zero-order chi connectivity index (χ0) is 15.5. The number of carbonyl (C=O) groups excluding carboxylic acids is 1. The van der Waals surface area contributed by atoms with E-state index in [1.165, 1.54) is 0 Å². The summed E-state index contributed by atoms with van der Waals surface area (Å²) in [6, 6.07) is 6.08. The van der Waals surface area contributed by atoms with E-state index in [-0.39, 0.29) is 11.4 Å². The Morgan fingerprint density at radius 3 is 2.33 bits per heavy atom. The van der Waals surface area contributed by atoms with Crippen LogP contribution < -0.4 is 10.6 Å². The molecule has 0 bridgehead atoms. The quantitative estimate of drug-likeness (QED) is 0.894. The molecule has 0 aromatic heterocycles. The van der Waals surface area contributed by atoms with E-state index < -0.39 is 0 Å². The lowest BCUT2D eigenvalue weighted by Crippen LogP contribution is -2.51. The molecule has 1 aliphatic rings. The molecule has 0 saturated carbocycles. The Hall–Kier alpha value is -1.39. The summed E-state index contributed by atoms with van der Waals surface area (Å²) in [5.74, 6) is 0.0838. The second-order valence-electron chi connectivity index (χ2n) is 6.40. The van der Waals surface area contributed by atoms with Gasteiger partial charge in [-0.3, -0.25) is 9.69 Å². The summed E-state index contributed by atoms with van der Waals surface area (Å²) in [4.78, 5) is 14.5. The number of hydrogen-bond acceptors (Lipinski definition) is 3. The molecule has 1 saturated heterocycles. The number of rotatable bonds is 4. The molecule has 2 N–H and O–H groups in total. The molecule has 0 aliphatic carbocycles. The van der Waals surface area contributed by atoms with Crippen molar-refractivity contribution in [1.82, 2.24) is 10.2 Å². The Morgan fingerprint density at radius 1 is 1.24 bits per heavy atom. The van der Waals surface area contributed by atoms with E-state index in [2.05, 4.69) is 22.5 Å². The second-order valence-corrected chi connectivity index (χ2v) is 6.40. The van der Waals surface area contributed by atoms with Crippen LogP contribution in [0.1, 0.15) is 30.9 Å². The van der Waals surface area contributed by atoms with Crippen LogP contribution in [0.5, 0.6) is 0 Å². The summed E-state index contributed by atoms with van der Waals surface area (Å²) in [5, 5.41) is 6.45. The molecule has 116 valence electrons. The predicted molar refractivity (Wildman–Crippen MR) is 87.7 cm³/mol. The van der Waals surface area contributed by atoms with Gasteiger partial charge in [-0.05, 0) is 51.8 Å². The number of nitrogens with zero attached hydrogens (tertiary/aromatic N) is 1. The van der Waals surface area contributed by atoms with Crippen molar-refractivity contribution in [1.29, 1.82) is 0 Å². The van der Waals surface area contributed by atoms with Crippen LogP contribution in [-0.2, 0) is 4.79 Å². The van der Waals surface area contributed by atoms with Crippen LogP contribution in [0.25, 0.3) is 0 Å². The highest BCUT2D eigenvalue weighted by Crippen LogP contribution is 2.22. The van der Waals surface area contributed by atoms with Crippen LogP contribution in [0.2, 0.25) is 0 Å². The fourth-order valence-electron chi connectivity index (χ4n) is 2.85. The number of likely N-dealkylation sites (tertiary alicyclic amines) is 1. The number of nitrogens with one attached hydrogen (secondary N) is 2. The molecule has 1 aromatic rings. The van der Waals surface area contributed by atoms with E-state index >= 15 is 0 Å². The first-order chi connectivity index (χ1) is 9.93. The minimum atomic E-state index is 0.0838. The molecular formula is C17H27N3O. The van der Waals surface area contributed by atoms with Gasteiger partial charge in [0, 0.05) is 24.3 Å². The number of hydrogen-bond donors (Lipinski definition) is 2. The number of amides is 1. The number of carbonyl (C=O) groups is 1. The zero-order valence-electron chi connectivity index (χ0n) is 13.6. The number of piperidine rings is 1. The van der Waals surface area contributed by atoms with Crippen LogP contribution in [0, 0.1) is 13.8 Å². The highest BCUT2D eigenvalue weighted by molar-refractivity contribution is 5.93. The molecule has 1 fully saturated rings. The highest BCUT2D eigenvalue weighted by atomic mass is 16.2. The van der Waals surface area contributed by atoms with Crippen LogP contribution >= 0.6 is 0 Å². The molecule has 1 heterocycles. The van der Waals surface area contributed by atoms with Crippen molar-refractivity contribution in [3.8, 4) is 0 Å². The van der Waals surface area contributed by atoms with Gasteiger partial charge in [0.15, 0.2) is 0 Å². The molecule has 0 unspecified atom stereocenters. The average molecular weight is 289 g/mol. The van der Waals surface area contributed by atoms with E-state index in [9.17, 15) is 4.79 Å². The fraction of sp³-hybridized carbons (Fsp3) is 0.588. The number of aryl methyl sites for hydroxylation is 2. The monoisotopic (exact) mass is 289 g/mol. The summed E-state index contributed by atoms with van der Waals surface area (Å²) in [5.41, 5.74) is 3.41. The van der Waals surface area contributed by atoms with E-state index in [0.29, 0.717) is 6.54 Å². The summed E-state index contributed by atoms with van der Waals surface area (Å²) in [6.07, 6.45) is 2.17. The van der Waals surface area contributed by atoms with Crippen molar-refractivity contribution < 1.29 is 4.79 Å². The largest absolute Gasteiger partial charge is 0.324 e. The van der Waals surface area contributed by atoms with Crippen molar-refractivity contribution in [2.75, 3.05) is 32.0 Å². The van der Waals surface area contributed by atoms with Crippen LogP contribution in [0.15, 0.2) is 18.2 Å². The van der Waals surface area contributed by atoms with Gasteiger partial charge < -0.3 is 10.6 Å². The van der Waals surface area contributed by atoms with E-state index in [1.54, 1.807) is 0 Å². The van der Waals surface area contributed by atoms with Crippen molar-refractivity contribution in [2.45, 2.75) is 39.2 Å². The molecule has 1 aliphatic heterocycles. The van der Waals surface area contributed by atoms with Gasteiger partial charge >= 0.3 is 0 Å². The Labute approximate surface area is 127 Å². The molecular weight excluding hydrogens is 262 g/mol. The third-order valence-electron chi connectivity index (χ3n) is 4.68. The van der Waals surface area contributed by atoms with Crippen LogP contribution in [0.3, 0.4) is 0 Å². The first-order valence-electron chi connectivity index (χ1n) is 7.71. The van der Waals surface area contributed by atoms with Crippen LogP contribution in [0.4, 0.5) is 5.69 Å². The molecule has 21 heavy (non-hydrogen) atoms. The van der Waals surface area contributed by atoms with Gasteiger partial charge in [0.25, 0.3) is 0 Å². The third-order valence-corrected chi connectivity index (χ3v) is 4.68. The Bertz CT molecular complexity index is 485. The lowest BCUT2D eigenvalue weighted by Gasteiger charge is -2.39. The molecule has 0 atom stereocenters. The Kier molecular flexibility index (Phi) is 5.01. The Morgan fingerprint density at radius 2 is 1.81 bits per heavy atom. The van der Waals surface area contributed by atoms with Gasteiger partial charge in [0.05, 0.1) is 6.54 Å². The molecule has 1 aromatic carbocycles. The SMILES string of the molecule is CNC1(C)CCN(CC(=O)Nc2c(C)cccc2C)CC1. The lowest BCUT2D eigenvalue weighted by molar-refractivity contribution is -0.117. The maximum Gasteiger partial charge on any atom is 0.238 e. The summed E-state index contributed by atoms with van der Waals surface area (Å²) in [6.45, 7) is 8.73. The Balaban J connectivity index is 1.89. The predicted octanol–water partition coefficient (Wildman–Crippen LogP) is 2.32. The molecule has 1 amide bonds. The highest BCUT2D eigenvalue weighted by Gasteiger charge is 2.28. The van der Waals surface area contributed by atoms with Gasteiger partial charge in [-0.1, -0.05) is 18.2 Å². The topological polar surface area (TPSA) is 44.4 Å². The fourth-order valence-corrected chi connectivity index (χ4v) is 2.85. The maximum absolute atomic E-state index is 12.2. The summed E-state index contributed by atoms with van der Waals surface area (Å²) in [7, 11) is 2.02. The van der Waals surface area contributed by atoms with E-state index in [0.717, 1.165) is 42.7 Å². The van der Waals surface area contributed by atoms with Gasteiger partial charge in [0.2, 0.25) is 5.91 Å². The number of para-hydroxylation sites is 1. The summed E-state index contributed by atoms with van der Waals surface area (Å²) >= 11 is 0. The second kappa shape index (κ2) is 6.58. The smallest absolute Gasteiger partial charge is 0.238 e. The van der Waals surface area contributed by atoms with Gasteiger partial charge in [-0.15, -0.1) is 0 Å². The normalized spacial score (nSPS) is 18.5. The first kappa shape index (κ1) is 16.0. The lowest BCUT2D eigenvalue weighted by atomic mass is 9.90.